The third kappa shape index (κ3) is 4.27. The van der Waals surface area contributed by atoms with Gasteiger partial charge in [0.05, 0.1) is 4.75 Å². The molecule has 0 radical (unpaired) electrons. The number of carboxylic acid groups (broad SMARTS) is 1. The highest BCUT2D eigenvalue weighted by Gasteiger charge is 2.29. The first-order valence-electron chi connectivity index (χ1n) is 3.99. The van der Waals surface area contributed by atoms with E-state index in [-0.39, 0.29) is 6.54 Å². The van der Waals surface area contributed by atoms with Crippen LogP contribution >= 0.6 is 0 Å². The molecule has 0 amide bonds. The van der Waals surface area contributed by atoms with E-state index in [1.54, 1.807) is 13.8 Å². The van der Waals surface area contributed by atoms with Crippen molar-refractivity contribution in [1.29, 1.82) is 0 Å². The van der Waals surface area contributed by atoms with Gasteiger partial charge in [-0.25, -0.2) is 13.2 Å². The van der Waals surface area contributed by atoms with Gasteiger partial charge in [-0.3, -0.25) is 0 Å². The lowest BCUT2D eigenvalue weighted by molar-refractivity contribution is -0.131. The smallest absolute Gasteiger partial charge is 0.329 e. The molecule has 0 atom stereocenters. The van der Waals surface area contributed by atoms with E-state index in [0.717, 1.165) is 12.3 Å². The molecule has 0 heterocycles. The molecule has 0 saturated carbocycles. The molecule has 0 fully saturated rings. The lowest BCUT2D eigenvalue weighted by Crippen LogP contribution is -2.40. The molecular formula is C8H15NO4S. The largest absolute Gasteiger partial charge is 0.478 e. The Balaban J connectivity index is 4.21. The summed E-state index contributed by atoms with van der Waals surface area (Å²) in [6.45, 7) is 3.32. The van der Waals surface area contributed by atoms with Crippen LogP contribution in [0.5, 0.6) is 0 Å². The number of carboxylic acids is 1. The summed E-state index contributed by atoms with van der Waals surface area (Å²) in [6.07, 6.45) is 3.28. The van der Waals surface area contributed by atoms with Crippen LogP contribution in [0.4, 0.5) is 0 Å². The van der Waals surface area contributed by atoms with E-state index in [2.05, 4.69) is 5.32 Å². The Kier molecular flexibility index (Phi) is 4.12. The first kappa shape index (κ1) is 13.0. The first-order chi connectivity index (χ1) is 6.17. The standard InChI is InChI=1S/C8H15NO4S/c1-8(2,14(3,12)13)6-9-5-4-7(10)11/h4-5,9H,6H2,1-3H3,(H,10,11)/b5-4+. The van der Waals surface area contributed by atoms with Crippen LogP contribution in [0.1, 0.15) is 13.8 Å². The van der Waals surface area contributed by atoms with Crippen molar-refractivity contribution in [3.8, 4) is 0 Å². The lowest BCUT2D eigenvalue weighted by Gasteiger charge is -2.21. The molecule has 0 aliphatic rings. The van der Waals surface area contributed by atoms with Crippen molar-refractivity contribution in [3.63, 3.8) is 0 Å². The Hall–Kier alpha value is -1.04. The number of carbonyl (C=O) groups is 1. The van der Waals surface area contributed by atoms with E-state index in [0.29, 0.717) is 0 Å². The predicted octanol–water partition coefficient (Wildman–Crippen LogP) is -0.00250. The first-order valence-corrected chi connectivity index (χ1v) is 5.88. The summed E-state index contributed by atoms with van der Waals surface area (Å²) in [5.41, 5.74) is 0. The van der Waals surface area contributed by atoms with Gasteiger partial charge >= 0.3 is 5.97 Å². The van der Waals surface area contributed by atoms with Crippen molar-refractivity contribution in [3.05, 3.63) is 12.3 Å². The fourth-order valence-corrected chi connectivity index (χ4v) is 0.912. The summed E-state index contributed by atoms with van der Waals surface area (Å²) in [7, 11) is -3.15. The highest BCUT2D eigenvalue weighted by molar-refractivity contribution is 7.92. The van der Waals surface area contributed by atoms with Crippen molar-refractivity contribution < 1.29 is 18.3 Å². The molecule has 0 spiro atoms. The highest BCUT2D eigenvalue weighted by Crippen LogP contribution is 2.12. The minimum atomic E-state index is -3.15. The number of hydrogen-bond donors (Lipinski definition) is 2. The van der Waals surface area contributed by atoms with Crippen LogP contribution in [0.3, 0.4) is 0 Å². The number of sulfone groups is 1. The summed E-state index contributed by atoms with van der Waals surface area (Å²) in [4.78, 5) is 10.1. The van der Waals surface area contributed by atoms with Crippen molar-refractivity contribution >= 4 is 15.8 Å². The molecule has 0 saturated heterocycles. The molecule has 5 nitrogen and oxygen atoms in total. The van der Waals surface area contributed by atoms with Crippen LogP contribution in [-0.4, -0.2) is 37.0 Å². The van der Waals surface area contributed by atoms with E-state index in [9.17, 15) is 13.2 Å². The van der Waals surface area contributed by atoms with E-state index < -0.39 is 20.6 Å². The molecule has 14 heavy (non-hydrogen) atoms. The van der Waals surface area contributed by atoms with E-state index in [1.165, 1.54) is 6.20 Å². The van der Waals surface area contributed by atoms with Crippen LogP contribution in [0.25, 0.3) is 0 Å². The zero-order valence-electron chi connectivity index (χ0n) is 8.44. The minimum absolute atomic E-state index is 0.176. The van der Waals surface area contributed by atoms with Gasteiger partial charge in [-0.05, 0) is 13.8 Å². The van der Waals surface area contributed by atoms with Gasteiger partial charge in [0.25, 0.3) is 0 Å². The average molecular weight is 221 g/mol. The summed E-state index contributed by atoms with van der Waals surface area (Å²) in [5.74, 6) is -1.07. The number of rotatable bonds is 5. The van der Waals surface area contributed by atoms with Gasteiger partial charge in [0.15, 0.2) is 9.84 Å². The second kappa shape index (κ2) is 4.45. The maximum atomic E-state index is 11.2. The van der Waals surface area contributed by atoms with Gasteiger partial charge in [-0.15, -0.1) is 0 Å². The van der Waals surface area contributed by atoms with Crippen LogP contribution in [0, 0.1) is 0 Å². The topological polar surface area (TPSA) is 83.5 Å². The SMILES string of the molecule is CC(C)(CN/C=C/C(=O)O)S(C)(=O)=O. The molecule has 0 unspecified atom stereocenters. The second-order valence-electron chi connectivity index (χ2n) is 3.58. The molecule has 2 N–H and O–H groups in total. The quantitative estimate of drug-likeness (QED) is 0.638. The number of hydrogen-bond acceptors (Lipinski definition) is 4. The maximum Gasteiger partial charge on any atom is 0.329 e. The van der Waals surface area contributed by atoms with Gasteiger partial charge in [-0.1, -0.05) is 0 Å². The normalized spacial score (nSPS) is 13.1. The molecule has 0 aliphatic heterocycles. The van der Waals surface area contributed by atoms with E-state index in [4.69, 9.17) is 5.11 Å². The summed E-state index contributed by atoms with van der Waals surface area (Å²) >= 11 is 0. The Labute approximate surface area is 83.7 Å². The Morgan fingerprint density at radius 3 is 2.36 bits per heavy atom. The monoisotopic (exact) mass is 221 g/mol. The molecule has 0 aromatic carbocycles. The van der Waals surface area contributed by atoms with Crippen molar-refractivity contribution in [1.82, 2.24) is 5.32 Å². The lowest BCUT2D eigenvalue weighted by atomic mass is 10.2. The van der Waals surface area contributed by atoms with Gasteiger partial charge in [0, 0.05) is 25.1 Å². The van der Waals surface area contributed by atoms with Gasteiger partial charge in [0.2, 0.25) is 0 Å². The van der Waals surface area contributed by atoms with Crippen LogP contribution < -0.4 is 5.32 Å². The molecular weight excluding hydrogens is 206 g/mol. The molecule has 0 aliphatic carbocycles. The molecule has 6 heteroatoms. The fraction of sp³-hybridized carbons (Fsp3) is 0.625. The highest BCUT2D eigenvalue weighted by atomic mass is 32.2. The van der Waals surface area contributed by atoms with Crippen molar-refractivity contribution in [2.45, 2.75) is 18.6 Å². The number of nitrogens with one attached hydrogen (secondary N) is 1. The summed E-state index contributed by atoms with van der Waals surface area (Å²) < 4.78 is 21.5. The van der Waals surface area contributed by atoms with Crippen molar-refractivity contribution in [2.75, 3.05) is 12.8 Å². The molecule has 0 aromatic heterocycles. The average Bonchev–Trinajstić information content (AvgIpc) is 1.95. The predicted molar refractivity (Wildman–Crippen MR) is 53.7 cm³/mol. The van der Waals surface area contributed by atoms with Crippen molar-refractivity contribution in [2.24, 2.45) is 0 Å². The molecule has 0 aromatic rings. The Bertz CT molecular complexity index is 329. The van der Waals surface area contributed by atoms with E-state index >= 15 is 0 Å². The van der Waals surface area contributed by atoms with E-state index in [1.807, 2.05) is 0 Å². The Morgan fingerprint density at radius 2 is 2.00 bits per heavy atom. The second-order valence-corrected chi connectivity index (χ2v) is 6.23. The molecule has 82 valence electrons. The van der Waals surface area contributed by atoms with Crippen LogP contribution in [-0.2, 0) is 14.6 Å². The Morgan fingerprint density at radius 1 is 1.50 bits per heavy atom. The molecule has 0 rings (SSSR count). The van der Waals surface area contributed by atoms with Gasteiger partial charge in [0.1, 0.15) is 0 Å². The zero-order chi connectivity index (χ0) is 11.4. The summed E-state index contributed by atoms with van der Waals surface area (Å²) in [5, 5.41) is 10.9. The maximum absolute atomic E-state index is 11.2. The van der Waals surface area contributed by atoms with Gasteiger partial charge in [-0.2, -0.15) is 0 Å². The molecule has 0 bridgehead atoms. The zero-order valence-corrected chi connectivity index (χ0v) is 9.26. The summed E-state index contributed by atoms with van der Waals surface area (Å²) in [6, 6.07) is 0. The minimum Gasteiger partial charge on any atom is -0.478 e. The fourth-order valence-electron chi connectivity index (χ4n) is 0.566. The van der Waals surface area contributed by atoms with Crippen LogP contribution in [0.15, 0.2) is 12.3 Å². The number of aliphatic carboxylic acids is 1. The third-order valence-corrected chi connectivity index (χ3v) is 4.03. The van der Waals surface area contributed by atoms with Crippen LogP contribution in [0.2, 0.25) is 0 Å². The third-order valence-electron chi connectivity index (χ3n) is 1.88. The van der Waals surface area contributed by atoms with Gasteiger partial charge < -0.3 is 10.4 Å².